The minimum Gasteiger partial charge on any atom is -0.492 e. The van der Waals surface area contributed by atoms with E-state index in [1.54, 1.807) is 0 Å². The summed E-state index contributed by atoms with van der Waals surface area (Å²) in [5.41, 5.74) is 7.55. The molecule has 0 bridgehead atoms. The average Bonchev–Trinajstić information content (AvgIpc) is 2.57. The Kier molecular flexibility index (Phi) is 5.91. The fraction of sp³-hybridized carbons (Fsp3) is 0.524. The fourth-order valence-electron chi connectivity index (χ4n) is 2.75. The Morgan fingerprint density at radius 1 is 1.27 bits per heavy atom. The number of ketones is 1. The number of nitrogens with zero attached hydrogens (tertiary/aromatic N) is 1. The molecule has 2 aromatic rings. The topological polar surface area (TPSA) is 85.4 Å². The summed E-state index contributed by atoms with van der Waals surface area (Å²) in [5.74, 6) is 0.769. The summed E-state index contributed by atoms with van der Waals surface area (Å²) in [6.45, 7) is 9.92. The van der Waals surface area contributed by atoms with E-state index in [9.17, 15) is 9.90 Å². The lowest BCUT2D eigenvalue weighted by molar-refractivity contribution is -0.129. The first-order chi connectivity index (χ1) is 12.1. The van der Waals surface area contributed by atoms with E-state index in [0.29, 0.717) is 24.3 Å². The first kappa shape index (κ1) is 20.2. The number of nitrogens with two attached hydrogens (primary N) is 1. The van der Waals surface area contributed by atoms with Gasteiger partial charge in [-0.15, -0.1) is 0 Å². The lowest BCUT2D eigenvalue weighted by Crippen LogP contribution is -2.32. The zero-order valence-electron chi connectivity index (χ0n) is 16.4. The molecule has 0 atom stereocenters. The van der Waals surface area contributed by atoms with Gasteiger partial charge in [0.2, 0.25) is 0 Å². The van der Waals surface area contributed by atoms with Crippen LogP contribution < -0.4 is 10.5 Å². The molecule has 0 saturated heterocycles. The number of nitrogen functional groups attached to an aromatic ring is 1. The summed E-state index contributed by atoms with van der Waals surface area (Å²) in [6, 6.07) is 7.45. The van der Waals surface area contributed by atoms with Crippen molar-refractivity contribution >= 4 is 22.4 Å². The Bertz CT molecular complexity index is 797. The summed E-state index contributed by atoms with van der Waals surface area (Å²) in [5, 5.41) is 10.1. The summed E-state index contributed by atoms with van der Waals surface area (Å²) < 4.78 is 5.99. The molecule has 0 aliphatic heterocycles. The third-order valence-electron chi connectivity index (χ3n) is 4.75. The highest BCUT2D eigenvalue weighted by Crippen LogP contribution is 2.32. The Morgan fingerprint density at radius 3 is 2.62 bits per heavy atom. The van der Waals surface area contributed by atoms with E-state index in [4.69, 9.17) is 10.5 Å². The molecule has 3 N–H and O–H groups in total. The highest BCUT2D eigenvalue weighted by molar-refractivity contribution is 5.95. The van der Waals surface area contributed by atoms with Crippen LogP contribution in [0.3, 0.4) is 0 Å². The molecular formula is C21H30N2O3. The van der Waals surface area contributed by atoms with Crippen molar-refractivity contribution in [2.75, 3.05) is 18.9 Å². The molecule has 0 aliphatic rings. The Labute approximate surface area is 155 Å². The van der Waals surface area contributed by atoms with Crippen LogP contribution in [0.2, 0.25) is 0 Å². The van der Waals surface area contributed by atoms with Crippen molar-refractivity contribution in [1.82, 2.24) is 4.98 Å². The zero-order chi connectivity index (χ0) is 19.5. The number of aliphatic hydroxyl groups is 1. The fourth-order valence-corrected chi connectivity index (χ4v) is 2.75. The molecule has 5 heteroatoms. The third-order valence-corrected chi connectivity index (χ3v) is 4.75. The molecule has 0 fully saturated rings. The lowest BCUT2D eigenvalue weighted by Gasteiger charge is -2.27. The van der Waals surface area contributed by atoms with Crippen molar-refractivity contribution in [2.24, 2.45) is 10.8 Å². The first-order valence-corrected chi connectivity index (χ1v) is 8.98. The minimum absolute atomic E-state index is 0.0684. The smallest absolute Gasteiger partial charge is 0.141 e. The van der Waals surface area contributed by atoms with Crippen LogP contribution in [0.4, 0.5) is 5.69 Å². The molecule has 0 unspecified atom stereocenters. The number of fused-ring (bicyclic) bond motifs is 1. The van der Waals surface area contributed by atoms with Crippen LogP contribution in [-0.4, -0.2) is 29.1 Å². The number of ether oxygens (including phenoxy) is 1. The second-order valence-electron chi connectivity index (χ2n) is 8.42. The van der Waals surface area contributed by atoms with Crippen LogP contribution in [0.15, 0.2) is 24.3 Å². The molecule has 0 saturated carbocycles. The van der Waals surface area contributed by atoms with E-state index < -0.39 is 5.41 Å². The third kappa shape index (κ3) is 4.73. The Balaban J connectivity index is 2.12. The highest BCUT2D eigenvalue weighted by Gasteiger charge is 2.30. The molecule has 1 heterocycles. The van der Waals surface area contributed by atoms with E-state index in [2.05, 4.69) is 4.98 Å². The predicted molar refractivity (Wildman–Crippen MR) is 105 cm³/mol. The number of aryl methyl sites for hydroxylation is 1. The van der Waals surface area contributed by atoms with Crippen LogP contribution in [-0.2, 0) is 4.79 Å². The van der Waals surface area contributed by atoms with Crippen LogP contribution in [0.5, 0.6) is 5.75 Å². The first-order valence-electron chi connectivity index (χ1n) is 8.98. The molecule has 0 aliphatic carbocycles. The number of rotatable bonds is 8. The van der Waals surface area contributed by atoms with Gasteiger partial charge in [0.05, 0.1) is 16.3 Å². The number of benzene rings is 1. The molecule has 5 nitrogen and oxygen atoms in total. The van der Waals surface area contributed by atoms with E-state index in [1.807, 2.05) is 58.9 Å². The Hall–Kier alpha value is -2.14. The number of aromatic nitrogens is 1. The van der Waals surface area contributed by atoms with Gasteiger partial charge < -0.3 is 15.6 Å². The van der Waals surface area contributed by atoms with Crippen LogP contribution in [0.25, 0.3) is 10.9 Å². The van der Waals surface area contributed by atoms with Gasteiger partial charge in [-0.05, 0) is 50.8 Å². The molecule has 142 valence electrons. The minimum atomic E-state index is -0.624. The second kappa shape index (κ2) is 7.62. The van der Waals surface area contributed by atoms with Crippen LogP contribution >= 0.6 is 0 Å². The number of carbonyl (C=O) groups is 1. The van der Waals surface area contributed by atoms with Crippen molar-refractivity contribution in [3.63, 3.8) is 0 Å². The molecular weight excluding hydrogens is 328 g/mol. The zero-order valence-corrected chi connectivity index (χ0v) is 16.4. The summed E-state index contributed by atoms with van der Waals surface area (Å²) >= 11 is 0. The van der Waals surface area contributed by atoms with Gasteiger partial charge in [0.25, 0.3) is 0 Å². The predicted octanol–water partition coefficient (Wildman–Crippen LogP) is 3.90. The van der Waals surface area contributed by atoms with E-state index in [1.165, 1.54) is 0 Å². The molecule has 2 rings (SSSR count). The quantitative estimate of drug-likeness (QED) is 0.747. The van der Waals surface area contributed by atoms with Gasteiger partial charge in [0, 0.05) is 24.4 Å². The van der Waals surface area contributed by atoms with Crippen molar-refractivity contribution < 1.29 is 14.6 Å². The van der Waals surface area contributed by atoms with Gasteiger partial charge in [0.1, 0.15) is 18.1 Å². The number of Topliss-reactive ketones (excluding diaryl/α,β-unsaturated/α-hetero) is 1. The van der Waals surface area contributed by atoms with Crippen molar-refractivity contribution in [2.45, 2.75) is 47.5 Å². The molecule has 0 spiro atoms. The van der Waals surface area contributed by atoms with Gasteiger partial charge in [-0.2, -0.15) is 0 Å². The SMILES string of the molecule is Cc1cc(N)c2c(OCC(C)(C)C(=O)CCC(C)(C)CO)cccc2n1. The summed E-state index contributed by atoms with van der Waals surface area (Å²) in [4.78, 5) is 17.1. The number of hydrogen-bond acceptors (Lipinski definition) is 5. The maximum absolute atomic E-state index is 12.6. The summed E-state index contributed by atoms with van der Waals surface area (Å²) in [6.07, 6.45) is 1.07. The second-order valence-corrected chi connectivity index (χ2v) is 8.42. The average molecular weight is 358 g/mol. The maximum atomic E-state index is 12.6. The summed E-state index contributed by atoms with van der Waals surface area (Å²) in [7, 11) is 0. The van der Waals surface area contributed by atoms with Crippen LogP contribution in [0, 0.1) is 17.8 Å². The number of hydrogen-bond donors (Lipinski definition) is 2. The maximum Gasteiger partial charge on any atom is 0.141 e. The van der Waals surface area contributed by atoms with Crippen molar-refractivity contribution in [3.8, 4) is 5.75 Å². The normalized spacial score (nSPS) is 12.4. The van der Waals surface area contributed by atoms with E-state index in [0.717, 1.165) is 16.6 Å². The van der Waals surface area contributed by atoms with Crippen molar-refractivity contribution in [3.05, 3.63) is 30.0 Å². The van der Waals surface area contributed by atoms with E-state index in [-0.39, 0.29) is 24.4 Å². The van der Waals surface area contributed by atoms with E-state index >= 15 is 0 Å². The Morgan fingerprint density at radius 2 is 1.96 bits per heavy atom. The number of aliphatic hydroxyl groups excluding tert-OH is 1. The van der Waals surface area contributed by atoms with Crippen LogP contribution in [0.1, 0.15) is 46.2 Å². The monoisotopic (exact) mass is 358 g/mol. The molecule has 0 radical (unpaired) electrons. The van der Waals surface area contributed by atoms with Gasteiger partial charge in [-0.1, -0.05) is 19.9 Å². The molecule has 0 amide bonds. The van der Waals surface area contributed by atoms with Gasteiger partial charge in [-0.3, -0.25) is 9.78 Å². The standard InChI is InChI=1S/C21H30N2O3/c1-14-11-15(22)19-16(23-14)7-6-8-17(19)26-13-21(4,5)18(25)9-10-20(2,3)12-24/h6-8,11,24H,9-10,12-13H2,1-5H3,(H2,22,23). The number of carbonyl (C=O) groups excluding carboxylic acids is 1. The van der Waals surface area contributed by atoms with Gasteiger partial charge in [0.15, 0.2) is 0 Å². The number of pyridine rings is 1. The largest absolute Gasteiger partial charge is 0.492 e. The molecule has 26 heavy (non-hydrogen) atoms. The highest BCUT2D eigenvalue weighted by atomic mass is 16.5. The van der Waals surface area contributed by atoms with Crippen molar-refractivity contribution in [1.29, 1.82) is 0 Å². The number of anilines is 1. The van der Waals surface area contributed by atoms with Gasteiger partial charge >= 0.3 is 0 Å². The molecule has 1 aromatic carbocycles. The molecule has 1 aromatic heterocycles. The van der Waals surface area contributed by atoms with Gasteiger partial charge in [-0.25, -0.2) is 0 Å². The lowest BCUT2D eigenvalue weighted by atomic mass is 9.81.